The second kappa shape index (κ2) is 4.13. The summed E-state index contributed by atoms with van der Waals surface area (Å²) in [6.07, 6.45) is 0.789. The number of hydrogen-bond acceptors (Lipinski definition) is 3. The van der Waals surface area contributed by atoms with Gasteiger partial charge in [0.1, 0.15) is 10.4 Å². The molecule has 1 saturated heterocycles. The fraction of sp³-hybridized carbons (Fsp3) is 0.333. The van der Waals surface area contributed by atoms with E-state index in [1.54, 1.807) is 6.07 Å². The normalized spacial score (nSPS) is 28.6. The maximum Gasteiger partial charge on any atom is 0.242 e. The van der Waals surface area contributed by atoms with Crippen LogP contribution >= 0.6 is 15.9 Å². The van der Waals surface area contributed by atoms with Crippen molar-refractivity contribution in [3.05, 3.63) is 22.8 Å². The number of anilines is 1. The number of carbonyl (C=O) groups is 1. The molecule has 0 aromatic carbocycles. The highest BCUT2D eigenvalue weighted by Gasteiger charge is 2.39. The molecule has 4 nitrogen and oxygen atoms in total. The number of hydrogen-bond donors (Lipinski definition) is 2. The van der Waals surface area contributed by atoms with Crippen molar-refractivity contribution in [3.63, 3.8) is 0 Å². The molecule has 17 heavy (non-hydrogen) atoms. The van der Waals surface area contributed by atoms with E-state index in [0.717, 1.165) is 6.42 Å². The zero-order valence-corrected chi connectivity index (χ0v) is 10.5. The zero-order chi connectivity index (χ0) is 11.8. The van der Waals surface area contributed by atoms with E-state index >= 15 is 0 Å². The summed E-state index contributed by atoms with van der Waals surface area (Å²) in [7, 11) is 0. The van der Waals surface area contributed by atoms with Crippen LogP contribution in [-0.2, 0) is 4.79 Å². The van der Waals surface area contributed by atoms with Crippen LogP contribution in [-0.4, -0.2) is 23.0 Å². The second-order valence-corrected chi connectivity index (χ2v) is 4.98. The molecule has 1 aliphatic heterocycles. The first kappa shape index (κ1) is 10.8. The van der Waals surface area contributed by atoms with E-state index in [2.05, 4.69) is 43.4 Å². The number of rotatable bonds is 2. The molecule has 2 heterocycles. The SMILES string of the molecule is O=C(Nc1cccc(Br)n1)[C@@H]1C[C@H]2C#C[C@H]2N1. The number of carbonyl (C=O) groups excluding carboxylic acids is 1. The van der Waals surface area contributed by atoms with Crippen molar-refractivity contribution in [2.24, 2.45) is 5.92 Å². The fourth-order valence-electron chi connectivity index (χ4n) is 2.05. The van der Waals surface area contributed by atoms with Crippen LogP contribution in [0.1, 0.15) is 6.42 Å². The van der Waals surface area contributed by atoms with Crippen molar-refractivity contribution in [3.8, 4) is 11.8 Å². The van der Waals surface area contributed by atoms with Gasteiger partial charge in [0.25, 0.3) is 0 Å². The maximum absolute atomic E-state index is 12.0. The molecule has 0 saturated carbocycles. The Morgan fingerprint density at radius 2 is 2.41 bits per heavy atom. The number of pyridine rings is 1. The van der Waals surface area contributed by atoms with Gasteiger partial charge in [0, 0.05) is 5.92 Å². The van der Waals surface area contributed by atoms with Gasteiger partial charge >= 0.3 is 0 Å². The van der Waals surface area contributed by atoms with E-state index in [0.29, 0.717) is 16.3 Å². The highest BCUT2D eigenvalue weighted by Crippen LogP contribution is 2.25. The average Bonchev–Trinajstić information content (AvgIpc) is 2.55. The number of nitrogens with one attached hydrogen (secondary N) is 2. The average molecular weight is 292 g/mol. The third-order valence-corrected chi connectivity index (χ3v) is 3.42. The van der Waals surface area contributed by atoms with Crippen molar-refractivity contribution < 1.29 is 4.79 Å². The van der Waals surface area contributed by atoms with E-state index in [1.165, 1.54) is 0 Å². The molecule has 1 aromatic heterocycles. The van der Waals surface area contributed by atoms with Crippen LogP contribution in [0.5, 0.6) is 0 Å². The number of halogens is 1. The lowest BCUT2D eigenvalue weighted by Gasteiger charge is -2.14. The molecule has 0 bridgehead atoms. The summed E-state index contributed by atoms with van der Waals surface area (Å²) in [5.74, 6) is 6.91. The predicted molar refractivity (Wildman–Crippen MR) is 67.2 cm³/mol. The smallest absolute Gasteiger partial charge is 0.242 e. The van der Waals surface area contributed by atoms with E-state index in [-0.39, 0.29) is 18.0 Å². The Hall–Kier alpha value is -1.38. The van der Waals surface area contributed by atoms with Gasteiger partial charge in [-0.3, -0.25) is 10.1 Å². The van der Waals surface area contributed by atoms with Gasteiger partial charge in [0.2, 0.25) is 5.91 Å². The van der Waals surface area contributed by atoms with Gasteiger partial charge in [-0.05, 0) is 34.5 Å². The molecule has 0 radical (unpaired) electrons. The molecule has 2 N–H and O–H groups in total. The molecule has 2 aliphatic rings. The minimum Gasteiger partial charge on any atom is -0.309 e. The monoisotopic (exact) mass is 291 g/mol. The topological polar surface area (TPSA) is 54.0 Å². The fourth-order valence-corrected chi connectivity index (χ4v) is 2.39. The molecule has 0 unspecified atom stereocenters. The van der Waals surface area contributed by atoms with Crippen LogP contribution in [0.15, 0.2) is 22.8 Å². The molecule has 3 rings (SSSR count). The Bertz CT molecular complexity index is 518. The Kier molecular flexibility index (Phi) is 2.61. The molecule has 86 valence electrons. The molecule has 1 fully saturated rings. The number of aromatic nitrogens is 1. The minimum atomic E-state index is -0.173. The standard InChI is InChI=1S/C12H10BrN3O/c13-10-2-1-3-11(15-10)16-12(17)9-6-7-4-5-8(7)14-9/h1-3,7-9,14H,6H2,(H,15,16,17)/t7-,8-,9+/m1/s1. The van der Waals surface area contributed by atoms with Crippen LogP contribution < -0.4 is 10.6 Å². The molecular formula is C12H10BrN3O. The lowest BCUT2D eigenvalue weighted by Crippen LogP contribution is -2.40. The Morgan fingerprint density at radius 1 is 1.53 bits per heavy atom. The van der Waals surface area contributed by atoms with Crippen molar-refractivity contribution in [1.29, 1.82) is 0 Å². The van der Waals surface area contributed by atoms with Crippen LogP contribution in [0.3, 0.4) is 0 Å². The zero-order valence-electron chi connectivity index (χ0n) is 8.90. The van der Waals surface area contributed by atoms with E-state index in [4.69, 9.17) is 0 Å². The summed E-state index contributed by atoms with van der Waals surface area (Å²) in [6.45, 7) is 0. The lowest BCUT2D eigenvalue weighted by atomic mass is 9.93. The number of fused-ring (bicyclic) bond motifs is 1. The van der Waals surface area contributed by atoms with Crippen LogP contribution in [0.25, 0.3) is 0 Å². The maximum atomic E-state index is 12.0. The molecule has 1 amide bonds. The van der Waals surface area contributed by atoms with E-state index in [1.807, 2.05) is 12.1 Å². The van der Waals surface area contributed by atoms with Gasteiger partial charge in [-0.2, -0.15) is 0 Å². The molecule has 0 spiro atoms. The number of nitrogens with zero attached hydrogens (tertiary/aromatic N) is 1. The third-order valence-electron chi connectivity index (χ3n) is 2.98. The largest absolute Gasteiger partial charge is 0.309 e. The van der Waals surface area contributed by atoms with Gasteiger partial charge in [0.05, 0.1) is 12.1 Å². The van der Waals surface area contributed by atoms with Crippen molar-refractivity contribution >= 4 is 27.7 Å². The molecule has 1 aromatic rings. The Balaban J connectivity index is 1.64. The Labute approximate surface area is 107 Å². The number of amides is 1. The molecular weight excluding hydrogens is 282 g/mol. The van der Waals surface area contributed by atoms with Gasteiger partial charge < -0.3 is 5.32 Å². The highest BCUT2D eigenvalue weighted by molar-refractivity contribution is 9.10. The van der Waals surface area contributed by atoms with Gasteiger partial charge in [0.15, 0.2) is 0 Å². The van der Waals surface area contributed by atoms with Gasteiger partial charge in [-0.25, -0.2) is 4.98 Å². The summed E-state index contributed by atoms with van der Waals surface area (Å²) in [6, 6.07) is 5.46. The van der Waals surface area contributed by atoms with E-state index in [9.17, 15) is 4.79 Å². The van der Waals surface area contributed by atoms with Crippen LogP contribution in [0.2, 0.25) is 0 Å². The van der Waals surface area contributed by atoms with Gasteiger partial charge in [-0.15, -0.1) is 0 Å². The van der Waals surface area contributed by atoms with E-state index < -0.39 is 0 Å². The lowest BCUT2D eigenvalue weighted by molar-refractivity contribution is -0.117. The van der Waals surface area contributed by atoms with Gasteiger partial charge in [-0.1, -0.05) is 17.9 Å². The van der Waals surface area contributed by atoms with Crippen LogP contribution in [0, 0.1) is 17.8 Å². The second-order valence-electron chi connectivity index (χ2n) is 4.16. The summed E-state index contributed by atoms with van der Waals surface area (Å²) < 4.78 is 0.707. The minimum absolute atomic E-state index is 0.0476. The first-order valence-corrected chi connectivity index (χ1v) is 6.22. The summed E-state index contributed by atoms with van der Waals surface area (Å²) in [5, 5.41) is 6.00. The first-order chi connectivity index (χ1) is 8.22. The summed E-state index contributed by atoms with van der Waals surface area (Å²) >= 11 is 3.27. The van der Waals surface area contributed by atoms with Crippen molar-refractivity contribution in [2.45, 2.75) is 18.5 Å². The molecule has 1 aliphatic carbocycles. The predicted octanol–water partition coefficient (Wildman–Crippen LogP) is 1.15. The molecule has 5 heteroatoms. The molecule has 3 atom stereocenters. The summed E-state index contributed by atoms with van der Waals surface area (Å²) in [4.78, 5) is 16.1. The van der Waals surface area contributed by atoms with Crippen molar-refractivity contribution in [1.82, 2.24) is 10.3 Å². The highest BCUT2D eigenvalue weighted by atomic mass is 79.9. The Morgan fingerprint density at radius 3 is 3.00 bits per heavy atom. The summed E-state index contributed by atoms with van der Waals surface area (Å²) in [5.41, 5.74) is 0. The first-order valence-electron chi connectivity index (χ1n) is 5.43. The quantitative estimate of drug-likeness (QED) is 0.635. The van der Waals surface area contributed by atoms with Crippen LogP contribution in [0.4, 0.5) is 5.82 Å². The third kappa shape index (κ3) is 2.06. The van der Waals surface area contributed by atoms with Crippen molar-refractivity contribution in [2.75, 3.05) is 5.32 Å².